The number of ether oxygens (including phenoxy) is 1. The fourth-order valence-electron chi connectivity index (χ4n) is 2.74. The number of amides is 2. The Bertz CT molecular complexity index is 1150. The molecule has 2 N–H and O–H groups in total. The summed E-state index contributed by atoms with van der Waals surface area (Å²) in [6.45, 7) is 1.70. The number of hydrazone groups is 1. The van der Waals surface area contributed by atoms with Crippen LogP contribution in [0.5, 0.6) is 5.75 Å². The average Bonchev–Trinajstić information content (AvgIpc) is 2.78. The van der Waals surface area contributed by atoms with E-state index < -0.39 is 0 Å². The molecular formula is C24H20N4O3. The first-order valence-electron chi connectivity index (χ1n) is 9.47. The number of carbonyl (C=O) groups is 2. The summed E-state index contributed by atoms with van der Waals surface area (Å²) in [5, 5.41) is 15.7. The van der Waals surface area contributed by atoms with Crippen LogP contribution in [0.2, 0.25) is 0 Å². The normalized spacial score (nSPS) is 10.3. The SMILES string of the molecule is CC(=O)Nc1cccc(C(=O)NN=Cc2ccc(OCc3ccccc3C#N)cc2)c1. The van der Waals surface area contributed by atoms with Crippen molar-refractivity contribution in [3.63, 3.8) is 0 Å². The second kappa shape index (κ2) is 10.4. The zero-order valence-electron chi connectivity index (χ0n) is 16.8. The van der Waals surface area contributed by atoms with Gasteiger partial charge in [0.25, 0.3) is 5.91 Å². The standard InChI is InChI=1S/C24H20N4O3/c1-17(29)27-22-8-4-7-19(13-22)24(30)28-26-15-18-9-11-23(12-10-18)31-16-21-6-3-2-5-20(21)14-25/h2-13,15H,16H2,1H3,(H,27,29)(H,28,30). The van der Waals surface area contributed by atoms with Gasteiger partial charge >= 0.3 is 0 Å². The summed E-state index contributed by atoms with van der Waals surface area (Å²) in [5.74, 6) is 0.0561. The van der Waals surface area contributed by atoms with Crippen molar-refractivity contribution in [2.75, 3.05) is 5.32 Å². The van der Waals surface area contributed by atoms with Crippen LogP contribution >= 0.6 is 0 Å². The largest absolute Gasteiger partial charge is 0.489 e. The molecule has 3 aromatic carbocycles. The fraction of sp³-hybridized carbons (Fsp3) is 0.0833. The molecule has 0 aliphatic heterocycles. The predicted molar refractivity (Wildman–Crippen MR) is 118 cm³/mol. The summed E-state index contributed by atoms with van der Waals surface area (Å²) in [6.07, 6.45) is 1.52. The molecule has 0 saturated heterocycles. The number of nitrogens with one attached hydrogen (secondary N) is 2. The molecule has 0 atom stereocenters. The molecule has 0 aromatic heterocycles. The molecule has 0 saturated carbocycles. The Morgan fingerprint density at radius 2 is 1.84 bits per heavy atom. The third-order valence-corrected chi connectivity index (χ3v) is 4.24. The van der Waals surface area contributed by atoms with Crippen LogP contribution < -0.4 is 15.5 Å². The van der Waals surface area contributed by atoms with Crippen molar-refractivity contribution in [3.05, 3.63) is 95.1 Å². The molecule has 0 radical (unpaired) electrons. The number of anilines is 1. The Hall–Kier alpha value is -4.44. The molecule has 0 bridgehead atoms. The minimum absolute atomic E-state index is 0.211. The Kier molecular flexibility index (Phi) is 7.12. The van der Waals surface area contributed by atoms with E-state index >= 15 is 0 Å². The van der Waals surface area contributed by atoms with Gasteiger partial charge in [0.15, 0.2) is 0 Å². The highest BCUT2D eigenvalue weighted by Crippen LogP contribution is 2.15. The van der Waals surface area contributed by atoms with Crippen LogP contribution in [0.3, 0.4) is 0 Å². The van der Waals surface area contributed by atoms with Crippen LogP contribution in [0.1, 0.15) is 34.0 Å². The Morgan fingerprint density at radius 3 is 2.58 bits per heavy atom. The first-order chi connectivity index (χ1) is 15.0. The van der Waals surface area contributed by atoms with Gasteiger partial charge in [-0.25, -0.2) is 5.43 Å². The van der Waals surface area contributed by atoms with E-state index in [1.165, 1.54) is 13.1 Å². The topological polar surface area (TPSA) is 104 Å². The third-order valence-electron chi connectivity index (χ3n) is 4.24. The summed E-state index contributed by atoms with van der Waals surface area (Å²) in [6, 6.07) is 23.2. The zero-order valence-corrected chi connectivity index (χ0v) is 16.8. The van der Waals surface area contributed by atoms with Gasteiger partial charge in [0.05, 0.1) is 17.8 Å². The van der Waals surface area contributed by atoms with Gasteiger partial charge < -0.3 is 10.1 Å². The number of nitrogens with zero attached hydrogens (tertiary/aromatic N) is 2. The van der Waals surface area contributed by atoms with Crippen LogP contribution in [0.15, 0.2) is 77.9 Å². The lowest BCUT2D eigenvalue weighted by molar-refractivity contribution is -0.114. The lowest BCUT2D eigenvalue weighted by Crippen LogP contribution is -2.18. The quantitative estimate of drug-likeness (QED) is 0.454. The minimum Gasteiger partial charge on any atom is -0.489 e. The van der Waals surface area contributed by atoms with Crippen LogP contribution in [-0.4, -0.2) is 18.0 Å². The van der Waals surface area contributed by atoms with Crippen molar-refractivity contribution < 1.29 is 14.3 Å². The van der Waals surface area contributed by atoms with Crippen LogP contribution in [-0.2, 0) is 11.4 Å². The van der Waals surface area contributed by atoms with Crippen molar-refractivity contribution in [3.8, 4) is 11.8 Å². The monoisotopic (exact) mass is 412 g/mol. The molecule has 0 aliphatic rings. The maximum absolute atomic E-state index is 12.2. The average molecular weight is 412 g/mol. The molecule has 7 heteroatoms. The van der Waals surface area contributed by atoms with E-state index in [4.69, 9.17) is 10.00 Å². The smallest absolute Gasteiger partial charge is 0.271 e. The zero-order chi connectivity index (χ0) is 22.1. The molecule has 7 nitrogen and oxygen atoms in total. The molecule has 3 aromatic rings. The number of nitriles is 1. The lowest BCUT2D eigenvalue weighted by atomic mass is 10.1. The van der Waals surface area contributed by atoms with Gasteiger partial charge in [0.1, 0.15) is 12.4 Å². The van der Waals surface area contributed by atoms with Gasteiger partial charge in [0.2, 0.25) is 5.91 Å². The molecule has 0 fully saturated rings. The van der Waals surface area contributed by atoms with Gasteiger partial charge in [-0.05, 0) is 54.1 Å². The maximum atomic E-state index is 12.2. The van der Waals surface area contributed by atoms with Gasteiger partial charge in [-0.2, -0.15) is 10.4 Å². The fourth-order valence-corrected chi connectivity index (χ4v) is 2.74. The molecule has 0 heterocycles. The molecule has 2 amide bonds. The van der Waals surface area contributed by atoms with Crippen molar-refractivity contribution in [2.45, 2.75) is 13.5 Å². The van der Waals surface area contributed by atoms with Crippen LogP contribution in [0.25, 0.3) is 0 Å². The van der Waals surface area contributed by atoms with E-state index in [2.05, 4.69) is 21.9 Å². The minimum atomic E-state index is -0.389. The second-order valence-electron chi connectivity index (χ2n) is 6.59. The van der Waals surface area contributed by atoms with Gasteiger partial charge in [-0.1, -0.05) is 24.3 Å². The van der Waals surface area contributed by atoms with E-state index in [9.17, 15) is 9.59 Å². The highest BCUT2D eigenvalue weighted by Gasteiger charge is 2.06. The molecule has 0 spiro atoms. The van der Waals surface area contributed by atoms with E-state index in [-0.39, 0.29) is 11.8 Å². The van der Waals surface area contributed by atoms with E-state index in [1.807, 2.05) is 18.2 Å². The van der Waals surface area contributed by atoms with Crippen molar-refractivity contribution in [1.29, 1.82) is 5.26 Å². The molecule has 3 rings (SSSR count). The molecule has 0 unspecified atom stereocenters. The Balaban J connectivity index is 1.54. The summed E-state index contributed by atoms with van der Waals surface area (Å²) in [7, 11) is 0. The highest BCUT2D eigenvalue weighted by atomic mass is 16.5. The van der Waals surface area contributed by atoms with Crippen molar-refractivity contribution in [2.24, 2.45) is 5.10 Å². The van der Waals surface area contributed by atoms with Crippen LogP contribution in [0.4, 0.5) is 5.69 Å². The first kappa shape index (κ1) is 21.3. The van der Waals surface area contributed by atoms with E-state index in [0.29, 0.717) is 29.2 Å². The van der Waals surface area contributed by atoms with Gasteiger partial charge in [-0.3, -0.25) is 9.59 Å². The van der Waals surface area contributed by atoms with Crippen molar-refractivity contribution in [1.82, 2.24) is 5.43 Å². The number of rotatable bonds is 7. The van der Waals surface area contributed by atoms with E-state index in [1.54, 1.807) is 54.6 Å². The summed E-state index contributed by atoms with van der Waals surface area (Å²) in [4.78, 5) is 23.4. The lowest BCUT2D eigenvalue weighted by Gasteiger charge is -2.07. The maximum Gasteiger partial charge on any atom is 0.271 e. The summed E-state index contributed by atoms with van der Waals surface area (Å²) >= 11 is 0. The first-order valence-corrected chi connectivity index (χ1v) is 9.47. The number of benzene rings is 3. The van der Waals surface area contributed by atoms with E-state index in [0.717, 1.165) is 11.1 Å². The summed E-state index contributed by atoms with van der Waals surface area (Å²) < 4.78 is 5.73. The van der Waals surface area contributed by atoms with Crippen LogP contribution in [0, 0.1) is 11.3 Å². The summed E-state index contributed by atoms with van der Waals surface area (Å²) in [5.41, 5.74) is 5.56. The molecule has 154 valence electrons. The second-order valence-corrected chi connectivity index (χ2v) is 6.59. The number of carbonyl (C=O) groups excluding carboxylic acids is 2. The Morgan fingerprint density at radius 1 is 1.06 bits per heavy atom. The Labute approximate surface area is 180 Å². The molecular weight excluding hydrogens is 392 g/mol. The number of hydrogen-bond acceptors (Lipinski definition) is 5. The third kappa shape index (κ3) is 6.27. The molecule has 31 heavy (non-hydrogen) atoms. The number of hydrogen-bond donors (Lipinski definition) is 2. The highest BCUT2D eigenvalue weighted by molar-refractivity contribution is 5.97. The van der Waals surface area contributed by atoms with Gasteiger partial charge in [-0.15, -0.1) is 0 Å². The van der Waals surface area contributed by atoms with Gasteiger partial charge in [0, 0.05) is 23.7 Å². The predicted octanol–water partition coefficient (Wildman–Crippen LogP) is 3.86. The van der Waals surface area contributed by atoms with Crippen molar-refractivity contribution >= 4 is 23.7 Å². The molecule has 0 aliphatic carbocycles.